The summed E-state index contributed by atoms with van der Waals surface area (Å²) in [5, 5.41) is 5.57. The van der Waals surface area contributed by atoms with Crippen LogP contribution < -0.4 is 10.6 Å². The third-order valence-corrected chi connectivity index (χ3v) is 5.72. The summed E-state index contributed by atoms with van der Waals surface area (Å²) >= 11 is 0. The standard InChI is InChI=1S/C23H26N4O3/c28-21-15-25-23(30)27(21)16-17-8-10-19(11-9-17)22(29)24-14-20(26-12-4-5-13-26)18-6-2-1-3-7-18/h1-3,6-11,20H,4-5,12-16H2,(H,24,29)(H,25,30). The molecule has 2 saturated heterocycles. The number of carbonyl (C=O) groups is 3. The fourth-order valence-corrected chi connectivity index (χ4v) is 4.04. The van der Waals surface area contributed by atoms with Crippen molar-refractivity contribution in [1.29, 1.82) is 0 Å². The number of nitrogens with one attached hydrogen (secondary N) is 2. The summed E-state index contributed by atoms with van der Waals surface area (Å²) in [6.45, 7) is 2.89. The van der Waals surface area contributed by atoms with Gasteiger partial charge >= 0.3 is 6.03 Å². The monoisotopic (exact) mass is 406 g/mol. The van der Waals surface area contributed by atoms with Crippen molar-refractivity contribution in [3.63, 3.8) is 0 Å². The summed E-state index contributed by atoms with van der Waals surface area (Å²) in [5.74, 6) is -0.368. The van der Waals surface area contributed by atoms with Crippen LogP contribution in [-0.4, -0.2) is 53.8 Å². The Bertz CT molecular complexity index is 892. The molecule has 4 rings (SSSR count). The summed E-state index contributed by atoms with van der Waals surface area (Å²) in [5.41, 5.74) is 2.57. The Morgan fingerprint density at radius 3 is 2.33 bits per heavy atom. The molecule has 0 saturated carbocycles. The van der Waals surface area contributed by atoms with Crippen molar-refractivity contribution in [1.82, 2.24) is 20.4 Å². The zero-order valence-corrected chi connectivity index (χ0v) is 16.8. The van der Waals surface area contributed by atoms with Crippen LogP contribution in [0.5, 0.6) is 0 Å². The lowest BCUT2D eigenvalue weighted by molar-refractivity contribution is -0.125. The lowest BCUT2D eigenvalue weighted by Crippen LogP contribution is -2.36. The van der Waals surface area contributed by atoms with Gasteiger partial charge in [-0.2, -0.15) is 0 Å². The van der Waals surface area contributed by atoms with Crippen molar-refractivity contribution in [2.45, 2.75) is 25.4 Å². The predicted octanol–water partition coefficient (Wildman–Crippen LogP) is 2.31. The van der Waals surface area contributed by atoms with E-state index in [1.165, 1.54) is 23.3 Å². The van der Waals surface area contributed by atoms with Gasteiger partial charge in [0.05, 0.1) is 19.1 Å². The molecule has 1 atom stereocenters. The van der Waals surface area contributed by atoms with E-state index in [9.17, 15) is 14.4 Å². The number of imide groups is 1. The van der Waals surface area contributed by atoms with Gasteiger partial charge in [0.15, 0.2) is 0 Å². The van der Waals surface area contributed by atoms with Crippen LogP contribution in [0.4, 0.5) is 4.79 Å². The summed E-state index contributed by atoms with van der Waals surface area (Å²) in [7, 11) is 0. The maximum Gasteiger partial charge on any atom is 0.324 e. The minimum Gasteiger partial charge on any atom is -0.350 e. The number of amides is 4. The van der Waals surface area contributed by atoms with Gasteiger partial charge in [0.2, 0.25) is 5.91 Å². The number of urea groups is 1. The zero-order chi connectivity index (χ0) is 20.9. The van der Waals surface area contributed by atoms with Crippen LogP contribution in [0, 0.1) is 0 Å². The van der Waals surface area contributed by atoms with Gasteiger partial charge in [-0.25, -0.2) is 4.79 Å². The minimum atomic E-state index is -0.379. The molecule has 1 unspecified atom stereocenters. The smallest absolute Gasteiger partial charge is 0.324 e. The molecule has 2 aliphatic heterocycles. The molecular weight excluding hydrogens is 380 g/mol. The van der Waals surface area contributed by atoms with Crippen molar-refractivity contribution in [3.8, 4) is 0 Å². The van der Waals surface area contributed by atoms with Crippen LogP contribution in [0.3, 0.4) is 0 Å². The van der Waals surface area contributed by atoms with E-state index in [0.29, 0.717) is 12.1 Å². The molecule has 2 aliphatic rings. The van der Waals surface area contributed by atoms with Crippen LogP contribution in [0.2, 0.25) is 0 Å². The van der Waals surface area contributed by atoms with Crippen molar-refractivity contribution in [3.05, 3.63) is 71.3 Å². The van der Waals surface area contributed by atoms with Crippen molar-refractivity contribution >= 4 is 17.8 Å². The number of rotatable bonds is 7. The number of nitrogens with zero attached hydrogens (tertiary/aromatic N) is 2. The summed E-state index contributed by atoms with van der Waals surface area (Å²) in [6.07, 6.45) is 2.38. The highest BCUT2D eigenvalue weighted by Gasteiger charge is 2.28. The van der Waals surface area contributed by atoms with E-state index < -0.39 is 0 Å². The third-order valence-electron chi connectivity index (χ3n) is 5.72. The fraction of sp³-hybridized carbons (Fsp3) is 0.348. The summed E-state index contributed by atoms with van der Waals surface area (Å²) in [6, 6.07) is 17.1. The van der Waals surface area contributed by atoms with E-state index in [-0.39, 0.29) is 37.0 Å². The first-order valence-electron chi connectivity index (χ1n) is 10.4. The normalized spacial score (nSPS) is 17.8. The van der Waals surface area contributed by atoms with Crippen LogP contribution in [0.1, 0.15) is 40.4 Å². The van der Waals surface area contributed by atoms with E-state index in [1.54, 1.807) is 24.3 Å². The maximum absolute atomic E-state index is 12.7. The summed E-state index contributed by atoms with van der Waals surface area (Å²) < 4.78 is 0. The fourth-order valence-electron chi connectivity index (χ4n) is 4.04. The SMILES string of the molecule is O=C(NCC(c1ccccc1)N1CCCC1)c1ccc(CN2C(=O)CNC2=O)cc1. The molecule has 0 aliphatic carbocycles. The Labute approximate surface area is 176 Å². The Morgan fingerprint density at radius 1 is 1.00 bits per heavy atom. The van der Waals surface area contributed by atoms with Gasteiger partial charge in [-0.3, -0.25) is 19.4 Å². The van der Waals surface area contributed by atoms with E-state index in [0.717, 1.165) is 18.7 Å². The third kappa shape index (κ3) is 4.52. The molecule has 2 N–H and O–H groups in total. The van der Waals surface area contributed by atoms with Gasteiger partial charge in [0, 0.05) is 12.1 Å². The second-order valence-electron chi connectivity index (χ2n) is 7.72. The molecule has 7 heteroatoms. The zero-order valence-electron chi connectivity index (χ0n) is 16.8. The quantitative estimate of drug-likeness (QED) is 0.692. The molecule has 2 aromatic rings. The van der Waals surface area contributed by atoms with Gasteiger partial charge in [-0.05, 0) is 49.2 Å². The highest BCUT2D eigenvalue weighted by atomic mass is 16.2. The number of hydrogen-bond donors (Lipinski definition) is 2. The van der Waals surface area contributed by atoms with E-state index in [1.807, 2.05) is 18.2 Å². The molecular formula is C23H26N4O3. The highest BCUT2D eigenvalue weighted by Crippen LogP contribution is 2.24. The average molecular weight is 406 g/mol. The Hall–Kier alpha value is -3.19. The molecule has 156 valence electrons. The summed E-state index contributed by atoms with van der Waals surface area (Å²) in [4.78, 5) is 39.7. The molecule has 0 radical (unpaired) electrons. The van der Waals surface area contributed by atoms with Crippen molar-refractivity contribution < 1.29 is 14.4 Å². The van der Waals surface area contributed by atoms with Gasteiger partial charge in [-0.1, -0.05) is 42.5 Å². The van der Waals surface area contributed by atoms with Crippen LogP contribution >= 0.6 is 0 Å². The van der Waals surface area contributed by atoms with Crippen molar-refractivity contribution in [2.75, 3.05) is 26.2 Å². The average Bonchev–Trinajstić information content (AvgIpc) is 3.41. The molecule has 2 heterocycles. The number of carbonyl (C=O) groups excluding carboxylic acids is 3. The molecule has 0 spiro atoms. The van der Waals surface area contributed by atoms with Gasteiger partial charge in [0.1, 0.15) is 0 Å². The second kappa shape index (κ2) is 9.09. The molecule has 0 aromatic heterocycles. The van der Waals surface area contributed by atoms with Gasteiger partial charge < -0.3 is 10.6 Å². The number of hydrogen-bond acceptors (Lipinski definition) is 4. The van der Waals surface area contributed by atoms with Crippen LogP contribution in [0.25, 0.3) is 0 Å². The maximum atomic E-state index is 12.7. The van der Waals surface area contributed by atoms with E-state index in [4.69, 9.17) is 0 Å². The Balaban J connectivity index is 1.38. The highest BCUT2D eigenvalue weighted by molar-refractivity contribution is 6.01. The first-order valence-corrected chi connectivity index (χ1v) is 10.4. The predicted molar refractivity (Wildman–Crippen MR) is 113 cm³/mol. The Morgan fingerprint density at radius 2 is 1.70 bits per heavy atom. The second-order valence-corrected chi connectivity index (χ2v) is 7.72. The van der Waals surface area contributed by atoms with E-state index in [2.05, 4.69) is 27.7 Å². The molecule has 2 aromatic carbocycles. The molecule has 2 fully saturated rings. The molecule has 4 amide bonds. The van der Waals surface area contributed by atoms with Crippen LogP contribution in [-0.2, 0) is 11.3 Å². The molecule has 0 bridgehead atoms. The number of likely N-dealkylation sites (tertiary alicyclic amines) is 1. The van der Waals surface area contributed by atoms with Gasteiger partial charge in [0.25, 0.3) is 5.91 Å². The lowest BCUT2D eigenvalue weighted by atomic mass is 10.1. The molecule has 7 nitrogen and oxygen atoms in total. The minimum absolute atomic E-state index is 0.0406. The Kier molecular flexibility index (Phi) is 6.09. The van der Waals surface area contributed by atoms with E-state index >= 15 is 0 Å². The van der Waals surface area contributed by atoms with Gasteiger partial charge in [-0.15, -0.1) is 0 Å². The van der Waals surface area contributed by atoms with Crippen LogP contribution in [0.15, 0.2) is 54.6 Å². The number of benzene rings is 2. The lowest BCUT2D eigenvalue weighted by Gasteiger charge is -2.28. The topological polar surface area (TPSA) is 81.8 Å². The first-order chi connectivity index (χ1) is 14.6. The molecule has 30 heavy (non-hydrogen) atoms. The first kappa shape index (κ1) is 20.1. The largest absolute Gasteiger partial charge is 0.350 e. The van der Waals surface area contributed by atoms with Crippen molar-refractivity contribution in [2.24, 2.45) is 0 Å².